The van der Waals surface area contributed by atoms with Crippen LogP contribution >= 0.6 is 27.3 Å². The van der Waals surface area contributed by atoms with Crippen molar-refractivity contribution in [3.05, 3.63) is 38.3 Å². The van der Waals surface area contributed by atoms with Crippen molar-refractivity contribution in [2.24, 2.45) is 7.05 Å². The average Bonchev–Trinajstić information content (AvgIpc) is 2.95. The number of halogens is 1. The summed E-state index contributed by atoms with van der Waals surface area (Å²) in [6.07, 6.45) is 8.88. The molecule has 0 spiro atoms. The zero-order valence-electron chi connectivity index (χ0n) is 11.0. The summed E-state index contributed by atoms with van der Waals surface area (Å²) in [5.41, 5.74) is 2.81. The molecule has 2 aromatic heterocycles. The van der Waals surface area contributed by atoms with Crippen LogP contribution in [-0.4, -0.2) is 16.3 Å². The zero-order valence-corrected chi connectivity index (χ0v) is 13.4. The number of thiophene rings is 1. The Labute approximate surface area is 126 Å². The molecule has 1 N–H and O–H groups in total. The Bertz CT molecular complexity index is 561. The number of hydrogen-bond donors (Lipinski definition) is 1. The second-order valence-corrected chi connectivity index (χ2v) is 7.62. The van der Waals surface area contributed by atoms with Crippen molar-refractivity contribution in [2.45, 2.75) is 31.7 Å². The molecule has 1 aliphatic rings. The molecule has 1 atom stereocenters. The number of aromatic nitrogens is 2. The van der Waals surface area contributed by atoms with Gasteiger partial charge in [-0.2, -0.15) is 5.10 Å². The first kappa shape index (κ1) is 13.3. The lowest BCUT2D eigenvalue weighted by Gasteiger charge is -2.23. The van der Waals surface area contributed by atoms with E-state index in [0.29, 0.717) is 6.04 Å². The fraction of sp³-hybridized carbons (Fsp3) is 0.500. The van der Waals surface area contributed by atoms with E-state index in [-0.39, 0.29) is 0 Å². The molecule has 2 heterocycles. The molecule has 3 rings (SSSR count). The summed E-state index contributed by atoms with van der Waals surface area (Å²) in [7, 11) is 1.97. The minimum absolute atomic E-state index is 0.531. The first-order valence-electron chi connectivity index (χ1n) is 6.71. The van der Waals surface area contributed by atoms with Crippen molar-refractivity contribution in [1.29, 1.82) is 0 Å². The minimum Gasteiger partial charge on any atom is -0.310 e. The number of hydrogen-bond acceptors (Lipinski definition) is 3. The molecule has 0 aromatic carbocycles. The predicted octanol–water partition coefficient (Wildman–Crippen LogP) is 3.45. The Morgan fingerprint density at radius 1 is 1.58 bits per heavy atom. The molecular weight excluding hydrogens is 322 g/mol. The van der Waals surface area contributed by atoms with E-state index in [4.69, 9.17) is 0 Å². The number of rotatable bonds is 4. The van der Waals surface area contributed by atoms with Crippen LogP contribution in [0.3, 0.4) is 0 Å². The van der Waals surface area contributed by atoms with Crippen LogP contribution in [0.2, 0.25) is 0 Å². The van der Waals surface area contributed by atoms with Gasteiger partial charge >= 0.3 is 0 Å². The highest BCUT2D eigenvalue weighted by Gasteiger charge is 2.21. The van der Waals surface area contributed by atoms with Crippen molar-refractivity contribution < 1.29 is 0 Å². The molecule has 0 aliphatic heterocycles. The summed E-state index contributed by atoms with van der Waals surface area (Å²) in [5, 5.41) is 7.90. The molecule has 0 amide bonds. The van der Waals surface area contributed by atoms with Gasteiger partial charge in [-0.15, -0.1) is 11.3 Å². The maximum atomic E-state index is 4.21. The van der Waals surface area contributed by atoms with Crippen LogP contribution in [0.4, 0.5) is 0 Å². The Morgan fingerprint density at radius 3 is 3.26 bits per heavy atom. The lowest BCUT2D eigenvalue weighted by Crippen LogP contribution is -2.26. The van der Waals surface area contributed by atoms with Gasteiger partial charge in [0.15, 0.2) is 0 Å². The summed E-state index contributed by atoms with van der Waals surface area (Å²) in [4.78, 5) is 1.55. The van der Waals surface area contributed by atoms with Gasteiger partial charge in [0.25, 0.3) is 0 Å². The average molecular weight is 340 g/mol. The van der Waals surface area contributed by atoms with E-state index < -0.39 is 0 Å². The quantitative estimate of drug-likeness (QED) is 0.924. The largest absolute Gasteiger partial charge is 0.310 e. The topological polar surface area (TPSA) is 29.9 Å². The van der Waals surface area contributed by atoms with Gasteiger partial charge in [-0.25, -0.2) is 0 Å². The van der Waals surface area contributed by atoms with Crippen molar-refractivity contribution in [3.63, 3.8) is 0 Å². The highest BCUT2D eigenvalue weighted by molar-refractivity contribution is 9.11. The summed E-state index contributed by atoms with van der Waals surface area (Å²) in [5.74, 6) is 0. The Hall–Kier alpha value is -0.650. The van der Waals surface area contributed by atoms with Crippen LogP contribution in [0.1, 0.15) is 34.9 Å². The van der Waals surface area contributed by atoms with E-state index in [1.165, 1.54) is 34.2 Å². The van der Waals surface area contributed by atoms with E-state index in [2.05, 4.69) is 38.6 Å². The molecule has 5 heteroatoms. The maximum absolute atomic E-state index is 4.21. The van der Waals surface area contributed by atoms with Crippen LogP contribution in [0.15, 0.2) is 22.2 Å². The monoisotopic (exact) mass is 339 g/mol. The highest BCUT2D eigenvalue weighted by atomic mass is 79.9. The number of fused-ring (bicyclic) bond motifs is 1. The number of nitrogens with one attached hydrogen (secondary N) is 1. The third kappa shape index (κ3) is 3.09. The van der Waals surface area contributed by atoms with Gasteiger partial charge in [0.05, 0.1) is 9.98 Å². The van der Waals surface area contributed by atoms with Gasteiger partial charge in [0.2, 0.25) is 0 Å². The zero-order chi connectivity index (χ0) is 13.2. The van der Waals surface area contributed by atoms with Crippen LogP contribution in [-0.2, 0) is 19.9 Å². The van der Waals surface area contributed by atoms with Crippen LogP contribution < -0.4 is 5.32 Å². The van der Waals surface area contributed by atoms with Crippen LogP contribution in [0.5, 0.6) is 0 Å². The first-order valence-corrected chi connectivity index (χ1v) is 8.32. The standard InChI is InChI=1S/C14H18BrN3S/c1-18-9-10(8-17-18)5-6-16-12-3-2-4-13-11(12)7-14(15)19-13/h7-9,12,16H,2-6H2,1H3. The van der Waals surface area contributed by atoms with E-state index in [1.54, 1.807) is 4.88 Å². The SMILES string of the molecule is Cn1cc(CCNC2CCCc3sc(Br)cc32)cn1. The number of nitrogens with zero attached hydrogens (tertiary/aromatic N) is 2. The van der Waals surface area contributed by atoms with Gasteiger partial charge in [-0.1, -0.05) is 0 Å². The smallest absolute Gasteiger partial charge is 0.0704 e. The Morgan fingerprint density at radius 2 is 2.47 bits per heavy atom. The number of aryl methyl sites for hydroxylation is 2. The highest BCUT2D eigenvalue weighted by Crippen LogP contribution is 2.37. The van der Waals surface area contributed by atoms with Crippen molar-refractivity contribution in [2.75, 3.05) is 6.54 Å². The van der Waals surface area contributed by atoms with E-state index >= 15 is 0 Å². The molecule has 0 radical (unpaired) electrons. The molecule has 19 heavy (non-hydrogen) atoms. The van der Waals surface area contributed by atoms with E-state index in [1.807, 2.05) is 29.3 Å². The molecule has 3 nitrogen and oxygen atoms in total. The molecule has 2 aromatic rings. The fourth-order valence-corrected chi connectivity index (χ4v) is 4.54. The van der Waals surface area contributed by atoms with E-state index in [0.717, 1.165) is 13.0 Å². The predicted molar refractivity (Wildman–Crippen MR) is 82.6 cm³/mol. The second kappa shape index (κ2) is 5.77. The van der Waals surface area contributed by atoms with Gasteiger partial charge < -0.3 is 5.32 Å². The van der Waals surface area contributed by atoms with Crippen molar-refractivity contribution in [3.8, 4) is 0 Å². The molecule has 1 aliphatic carbocycles. The molecule has 0 saturated carbocycles. The molecular formula is C14H18BrN3S. The van der Waals surface area contributed by atoms with Crippen molar-refractivity contribution in [1.82, 2.24) is 15.1 Å². The van der Waals surface area contributed by atoms with E-state index in [9.17, 15) is 0 Å². The van der Waals surface area contributed by atoms with Crippen LogP contribution in [0, 0.1) is 0 Å². The maximum Gasteiger partial charge on any atom is 0.0704 e. The summed E-state index contributed by atoms with van der Waals surface area (Å²) in [6.45, 7) is 1.02. The summed E-state index contributed by atoms with van der Waals surface area (Å²) >= 11 is 5.50. The molecule has 1 unspecified atom stereocenters. The van der Waals surface area contributed by atoms with Crippen molar-refractivity contribution >= 4 is 27.3 Å². The molecule has 102 valence electrons. The lowest BCUT2D eigenvalue weighted by atomic mass is 9.94. The Kier molecular flexibility index (Phi) is 4.05. The molecule has 0 saturated heterocycles. The van der Waals surface area contributed by atoms with Crippen LogP contribution in [0.25, 0.3) is 0 Å². The Balaban J connectivity index is 1.59. The molecule has 0 bridgehead atoms. The third-order valence-electron chi connectivity index (χ3n) is 3.65. The van der Waals surface area contributed by atoms with Gasteiger partial charge in [-0.3, -0.25) is 4.68 Å². The normalized spacial score (nSPS) is 18.5. The van der Waals surface area contributed by atoms with Gasteiger partial charge in [-0.05, 0) is 65.4 Å². The summed E-state index contributed by atoms with van der Waals surface area (Å²) in [6, 6.07) is 2.82. The first-order chi connectivity index (χ1) is 9.22. The minimum atomic E-state index is 0.531. The van der Waals surface area contributed by atoms with Gasteiger partial charge in [0.1, 0.15) is 0 Å². The second-order valence-electron chi connectivity index (χ2n) is 5.10. The summed E-state index contributed by atoms with van der Waals surface area (Å²) < 4.78 is 3.13. The third-order valence-corrected chi connectivity index (χ3v) is 5.36. The lowest BCUT2D eigenvalue weighted by molar-refractivity contribution is 0.467. The molecule has 0 fully saturated rings. The fourth-order valence-electron chi connectivity index (χ4n) is 2.73. The van der Waals surface area contributed by atoms with Gasteiger partial charge in [0, 0.05) is 24.2 Å².